The summed E-state index contributed by atoms with van der Waals surface area (Å²) in [6, 6.07) is 16.6. The fraction of sp³-hybridized carbons (Fsp3) is 0.269. The van der Waals surface area contributed by atoms with E-state index >= 15 is 0 Å². The molecular weight excluding hydrogens is 550 g/mol. The molecule has 1 aliphatic heterocycles. The topological polar surface area (TPSA) is 113 Å². The number of anilines is 2. The van der Waals surface area contributed by atoms with Crippen molar-refractivity contribution < 1.29 is 26.4 Å². The highest BCUT2D eigenvalue weighted by Crippen LogP contribution is 2.27. The first-order valence-electron chi connectivity index (χ1n) is 11.8. The maximum Gasteiger partial charge on any atom is 0.264 e. The third-order valence-electron chi connectivity index (χ3n) is 6.21. The number of morpholine rings is 1. The largest absolute Gasteiger partial charge is 0.379 e. The fourth-order valence-electron chi connectivity index (χ4n) is 3.91. The molecule has 0 unspecified atom stereocenters. The summed E-state index contributed by atoms with van der Waals surface area (Å²) in [4.78, 5) is 13.1. The number of aryl methyl sites for hydroxylation is 2. The number of carbonyl (C=O) groups excluding carboxylic acids is 1. The van der Waals surface area contributed by atoms with Crippen molar-refractivity contribution in [1.29, 1.82) is 0 Å². The minimum atomic E-state index is -4.11. The van der Waals surface area contributed by atoms with Crippen molar-refractivity contribution in [1.82, 2.24) is 4.31 Å². The number of hydrogen-bond acceptors (Lipinski definition) is 6. The summed E-state index contributed by atoms with van der Waals surface area (Å²) in [5, 5.41) is 3.05. The van der Waals surface area contributed by atoms with Gasteiger partial charge in [0.25, 0.3) is 10.0 Å². The van der Waals surface area contributed by atoms with Crippen molar-refractivity contribution >= 4 is 48.9 Å². The minimum Gasteiger partial charge on any atom is -0.379 e. The summed E-state index contributed by atoms with van der Waals surface area (Å²) in [5.74, 6) is -0.593. The van der Waals surface area contributed by atoms with Gasteiger partial charge in [-0.2, -0.15) is 4.31 Å². The van der Waals surface area contributed by atoms with Gasteiger partial charge in [0.05, 0.1) is 28.7 Å². The molecule has 1 N–H and O–H groups in total. The molecule has 0 saturated carbocycles. The van der Waals surface area contributed by atoms with E-state index in [4.69, 9.17) is 16.3 Å². The number of rotatable bonds is 8. The summed E-state index contributed by atoms with van der Waals surface area (Å²) >= 11 is 5.94. The van der Waals surface area contributed by atoms with Crippen LogP contribution in [0, 0.1) is 13.8 Å². The first kappa shape index (κ1) is 28.1. The Labute approximate surface area is 228 Å². The monoisotopic (exact) mass is 577 g/mol. The van der Waals surface area contributed by atoms with E-state index in [0.29, 0.717) is 29.6 Å². The van der Waals surface area contributed by atoms with Crippen LogP contribution in [0.2, 0.25) is 5.02 Å². The second-order valence-corrected chi connectivity index (χ2v) is 13.1. The van der Waals surface area contributed by atoms with Crippen LogP contribution in [0.5, 0.6) is 0 Å². The van der Waals surface area contributed by atoms with Crippen molar-refractivity contribution in [2.45, 2.75) is 23.6 Å². The van der Waals surface area contributed by atoms with Crippen LogP contribution in [0.3, 0.4) is 0 Å². The molecule has 3 aromatic carbocycles. The van der Waals surface area contributed by atoms with Gasteiger partial charge in [-0.1, -0.05) is 17.7 Å². The number of sulfonamides is 2. The average Bonchev–Trinajstić information content (AvgIpc) is 2.90. The molecule has 0 aliphatic carbocycles. The standard InChI is InChI=1S/C26H28ClN3O6S2/c1-19-3-8-23(17-20(19)2)30(38(34,35)25-9-4-21(27)5-10-25)18-26(31)28-22-6-11-24(12-7-22)37(32,33)29-13-15-36-16-14-29/h3-12,17H,13-16,18H2,1-2H3,(H,28,31). The Morgan fingerprint density at radius 1 is 0.895 bits per heavy atom. The molecule has 3 aromatic rings. The molecule has 9 nitrogen and oxygen atoms in total. The molecule has 0 radical (unpaired) electrons. The summed E-state index contributed by atoms with van der Waals surface area (Å²) in [6.45, 7) is 4.49. The molecule has 1 amide bonds. The van der Waals surface area contributed by atoms with Crippen LogP contribution in [-0.4, -0.2) is 59.9 Å². The molecule has 12 heteroatoms. The van der Waals surface area contributed by atoms with Crippen LogP contribution in [0.4, 0.5) is 11.4 Å². The minimum absolute atomic E-state index is 0.00870. The van der Waals surface area contributed by atoms with E-state index in [1.807, 2.05) is 13.8 Å². The summed E-state index contributed by atoms with van der Waals surface area (Å²) in [5.41, 5.74) is 2.52. The van der Waals surface area contributed by atoms with Gasteiger partial charge in [0, 0.05) is 23.8 Å². The SMILES string of the molecule is Cc1ccc(N(CC(=O)Nc2ccc(S(=O)(=O)N3CCOCC3)cc2)S(=O)(=O)c2ccc(Cl)cc2)cc1C. The molecule has 0 spiro atoms. The lowest BCUT2D eigenvalue weighted by Gasteiger charge is -2.26. The lowest BCUT2D eigenvalue weighted by atomic mass is 10.1. The molecule has 0 bridgehead atoms. The maximum atomic E-state index is 13.6. The third-order valence-corrected chi connectivity index (χ3v) is 10.2. The molecule has 1 aliphatic rings. The Balaban J connectivity index is 1.56. The van der Waals surface area contributed by atoms with Gasteiger partial charge in [0.2, 0.25) is 15.9 Å². The first-order valence-corrected chi connectivity index (χ1v) is 15.1. The van der Waals surface area contributed by atoms with Crippen LogP contribution in [0.15, 0.2) is 76.5 Å². The van der Waals surface area contributed by atoms with Gasteiger partial charge in [-0.25, -0.2) is 16.8 Å². The summed E-state index contributed by atoms with van der Waals surface area (Å²) in [7, 11) is -7.79. The summed E-state index contributed by atoms with van der Waals surface area (Å²) in [6.07, 6.45) is 0. The predicted octanol–water partition coefficient (Wildman–Crippen LogP) is 3.81. The second-order valence-electron chi connectivity index (χ2n) is 8.82. The Kier molecular flexibility index (Phi) is 8.43. The van der Waals surface area contributed by atoms with Crippen LogP contribution in [-0.2, 0) is 29.6 Å². The Hall–Kier alpha value is -2.96. The van der Waals surface area contributed by atoms with Gasteiger partial charge in [-0.05, 0) is 85.6 Å². The van der Waals surface area contributed by atoms with Crippen LogP contribution in [0.25, 0.3) is 0 Å². The average molecular weight is 578 g/mol. The van der Waals surface area contributed by atoms with E-state index in [9.17, 15) is 21.6 Å². The molecular formula is C26H28ClN3O6S2. The lowest BCUT2D eigenvalue weighted by Crippen LogP contribution is -2.40. The van der Waals surface area contributed by atoms with Gasteiger partial charge in [-0.15, -0.1) is 0 Å². The lowest BCUT2D eigenvalue weighted by molar-refractivity contribution is -0.114. The zero-order chi connectivity index (χ0) is 27.5. The Bertz CT molecular complexity index is 1520. The zero-order valence-electron chi connectivity index (χ0n) is 20.9. The number of halogens is 1. The summed E-state index contributed by atoms with van der Waals surface area (Å²) < 4.78 is 60.4. The molecule has 202 valence electrons. The van der Waals surface area contributed by atoms with Gasteiger partial charge in [-0.3, -0.25) is 9.10 Å². The van der Waals surface area contributed by atoms with Crippen LogP contribution < -0.4 is 9.62 Å². The van der Waals surface area contributed by atoms with Gasteiger partial charge >= 0.3 is 0 Å². The van der Waals surface area contributed by atoms with Gasteiger partial charge in [0.15, 0.2) is 0 Å². The maximum absolute atomic E-state index is 13.6. The highest BCUT2D eigenvalue weighted by molar-refractivity contribution is 7.92. The van der Waals surface area contributed by atoms with Crippen molar-refractivity contribution in [3.8, 4) is 0 Å². The highest BCUT2D eigenvalue weighted by atomic mass is 35.5. The Morgan fingerprint density at radius 3 is 2.11 bits per heavy atom. The van der Waals surface area contributed by atoms with Crippen molar-refractivity contribution in [2.24, 2.45) is 0 Å². The second kappa shape index (κ2) is 11.4. The molecule has 0 atom stereocenters. The quantitative estimate of drug-likeness (QED) is 0.435. The van der Waals surface area contributed by atoms with E-state index in [0.717, 1.165) is 15.4 Å². The normalized spacial score (nSPS) is 14.7. The molecule has 1 fully saturated rings. The van der Waals surface area contributed by atoms with Crippen molar-refractivity contribution in [3.05, 3.63) is 82.9 Å². The van der Waals surface area contributed by atoms with E-state index in [1.165, 1.54) is 52.8 Å². The zero-order valence-corrected chi connectivity index (χ0v) is 23.3. The molecule has 38 heavy (non-hydrogen) atoms. The third kappa shape index (κ3) is 6.19. The first-order chi connectivity index (χ1) is 18.0. The van der Waals surface area contributed by atoms with E-state index in [1.54, 1.807) is 18.2 Å². The number of nitrogens with zero attached hydrogens (tertiary/aromatic N) is 2. The smallest absolute Gasteiger partial charge is 0.264 e. The van der Waals surface area contributed by atoms with Crippen molar-refractivity contribution in [2.75, 3.05) is 42.5 Å². The number of ether oxygens (including phenoxy) is 1. The van der Waals surface area contributed by atoms with Crippen molar-refractivity contribution in [3.63, 3.8) is 0 Å². The van der Waals surface area contributed by atoms with E-state index in [2.05, 4.69) is 5.32 Å². The van der Waals surface area contributed by atoms with E-state index < -0.39 is 32.5 Å². The van der Waals surface area contributed by atoms with Crippen LogP contribution in [0.1, 0.15) is 11.1 Å². The number of benzene rings is 3. The molecule has 4 rings (SSSR count). The number of hydrogen-bond donors (Lipinski definition) is 1. The molecule has 1 heterocycles. The molecule has 0 aromatic heterocycles. The van der Waals surface area contributed by atoms with Crippen LogP contribution >= 0.6 is 11.6 Å². The van der Waals surface area contributed by atoms with Gasteiger partial charge < -0.3 is 10.1 Å². The predicted molar refractivity (Wildman–Crippen MR) is 147 cm³/mol. The van der Waals surface area contributed by atoms with Gasteiger partial charge in [0.1, 0.15) is 6.54 Å². The Morgan fingerprint density at radius 2 is 1.50 bits per heavy atom. The highest BCUT2D eigenvalue weighted by Gasteiger charge is 2.28. The fourth-order valence-corrected chi connectivity index (χ4v) is 6.85. The number of amides is 1. The molecule has 1 saturated heterocycles. The number of nitrogens with one attached hydrogen (secondary N) is 1. The van der Waals surface area contributed by atoms with E-state index in [-0.39, 0.29) is 22.9 Å². The number of carbonyl (C=O) groups is 1.